The fourth-order valence-electron chi connectivity index (χ4n) is 3.01. The molecule has 1 aliphatic heterocycles. The summed E-state index contributed by atoms with van der Waals surface area (Å²) in [5.41, 5.74) is 2.53. The van der Waals surface area contributed by atoms with Crippen molar-refractivity contribution in [1.29, 1.82) is 0 Å². The lowest BCUT2D eigenvalue weighted by atomic mass is 10.0. The van der Waals surface area contributed by atoms with Crippen molar-refractivity contribution in [2.24, 2.45) is 0 Å². The predicted molar refractivity (Wildman–Crippen MR) is 89.9 cm³/mol. The number of aromatic nitrogens is 1. The molecule has 0 amide bonds. The van der Waals surface area contributed by atoms with Crippen LogP contribution in [-0.2, 0) is 13.0 Å². The van der Waals surface area contributed by atoms with Crippen LogP contribution in [0.1, 0.15) is 37.9 Å². The van der Waals surface area contributed by atoms with Crippen LogP contribution in [0.4, 0.5) is 5.82 Å². The molecule has 1 unspecified atom stereocenters. The van der Waals surface area contributed by atoms with Crippen LogP contribution < -0.4 is 10.2 Å². The average Bonchev–Trinajstić information content (AvgIpc) is 2.51. The van der Waals surface area contributed by atoms with Crippen LogP contribution >= 0.6 is 0 Å². The Morgan fingerprint density at radius 1 is 1.38 bits per heavy atom. The Labute approximate surface area is 129 Å². The standard InChI is InChI=1S/C17H30N4/c1-5-15-10-14(12-18-6-2)11-17(19-15)21(4)16-8-7-9-20(3)13-16/h10-11,16,18H,5-9,12-13H2,1-4H3. The first-order chi connectivity index (χ1) is 10.1. The molecule has 2 heterocycles. The zero-order valence-electron chi connectivity index (χ0n) is 14.0. The Morgan fingerprint density at radius 2 is 2.19 bits per heavy atom. The van der Waals surface area contributed by atoms with Gasteiger partial charge >= 0.3 is 0 Å². The minimum atomic E-state index is 0.579. The fourth-order valence-corrected chi connectivity index (χ4v) is 3.01. The fraction of sp³-hybridized carbons (Fsp3) is 0.706. The highest BCUT2D eigenvalue weighted by Gasteiger charge is 2.22. The lowest BCUT2D eigenvalue weighted by molar-refractivity contribution is 0.247. The number of hydrogen-bond donors (Lipinski definition) is 1. The maximum absolute atomic E-state index is 4.84. The summed E-state index contributed by atoms with van der Waals surface area (Å²) in [5, 5.41) is 3.41. The van der Waals surface area contributed by atoms with Gasteiger partial charge in [-0.2, -0.15) is 0 Å². The molecule has 118 valence electrons. The monoisotopic (exact) mass is 290 g/mol. The van der Waals surface area contributed by atoms with Gasteiger partial charge in [0.05, 0.1) is 0 Å². The molecule has 0 saturated carbocycles. The maximum Gasteiger partial charge on any atom is 0.129 e. The largest absolute Gasteiger partial charge is 0.355 e. The maximum atomic E-state index is 4.84. The van der Waals surface area contributed by atoms with Crippen molar-refractivity contribution in [1.82, 2.24) is 15.2 Å². The minimum Gasteiger partial charge on any atom is -0.355 e. The summed E-state index contributed by atoms with van der Waals surface area (Å²) in [6.45, 7) is 8.61. The van der Waals surface area contributed by atoms with E-state index in [-0.39, 0.29) is 0 Å². The molecule has 4 nitrogen and oxygen atoms in total. The third kappa shape index (κ3) is 4.42. The Kier molecular flexibility index (Phi) is 6.00. The topological polar surface area (TPSA) is 31.4 Å². The van der Waals surface area contributed by atoms with Crippen LogP contribution in [0.2, 0.25) is 0 Å². The molecule has 21 heavy (non-hydrogen) atoms. The van der Waals surface area contributed by atoms with Crippen molar-refractivity contribution >= 4 is 5.82 Å². The summed E-state index contributed by atoms with van der Waals surface area (Å²) in [7, 11) is 4.41. The van der Waals surface area contributed by atoms with E-state index in [9.17, 15) is 0 Å². The molecular weight excluding hydrogens is 260 g/mol. The molecule has 1 fully saturated rings. The number of piperidine rings is 1. The van der Waals surface area contributed by atoms with Crippen molar-refractivity contribution in [3.05, 3.63) is 23.4 Å². The number of nitrogens with zero attached hydrogens (tertiary/aromatic N) is 3. The first-order valence-electron chi connectivity index (χ1n) is 8.26. The van der Waals surface area contributed by atoms with Gasteiger partial charge in [0.25, 0.3) is 0 Å². The van der Waals surface area contributed by atoms with Gasteiger partial charge in [0.15, 0.2) is 0 Å². The van der Waals surface area contributed by atoms with E-state index < -0.39 is 0 Å². The van der Waals surface area contributed by atoms with Gasteiger partial charge in [-0.15, -0.1) is 0 Å². The van der Waals surface area contributed by atoms with E-state index in [1.54, 1.807) is 0 Å². The van der Waals surface area contributed by atoms with E-state index in [0.29, 0.717) is 6.04 Å². The van der Waals surface area contributed by atoms with Crippen molar-refractivity contribution in [3.63, 3.8) is 0 Å². The molecule has 1 saturated heterocycles. The Balaban J connectivity index is 2.16. The number of hydrogen-bond acceptors (Lipinski definition) is 4. The van der Waals surface area contributed by atoms with E-state index in [1.165, 1.54) is 30.6 Å². The van der Waals surface area contributed by atoms with Crippen molar-refractivity contribution in [3.8, 4) is 0 Å². The van der Waals surface area contributed by atoms with Crippen LogP contribution in [0.15, 0.2) is 12.1 Å². The molecule has 1 aliphatic rings. The molecule has 1 aromatic heterocycles. The minimum absolute atomic E-state index is 0.579. The average molecular weight is 290 g/mol. The summed E-state index contributed by atoms with van der Waals surface area (Å²) >= 11 is 0. The second-order valence-corrected chi connectivity index (χ2v) is 6.13. The van der Waals surface area contributed by atoms with Crippen LogP contribution in [0.3, 0.4) is 0 Å². The highest BCUT2D eigenvalue weighted by Crippen LogP contribution is 2.21. The van der Waals surface area contributed by atoms with Gasteiger partial charge in [-0.3, -0.25) is 0 Å². The number of likely N-dealkylation sites (tertiary alicyclic amines) is 1. The van der Waals surface area contributed by atoms with Gasteiger partial charge in [0, 0.05) is 31.9 Å². The van der Waals surface area contributed by atoms with Crippen LogP contribution in [0.25, 0.3) is 0 Å². The van der Waals surface area contributed by atoms with Crippen molar-refractivity contribution < 1.29 is 0 Å². The molecule has 0 aliphatic carbocycles. The summed E-state index contributed by atoms with van der Waals surface area (Å²) in [6, 6.07) is 5.05. The Bertz CT molecular complexity index is 446. The van der Waals surface area contributed by atoms with Gasteiger partial charge in [0.1, 0.15) is 5.82 Å². The zero-order chi connectivity index (χ0) is 15.2. The first-order valence-corrected chi connectivity index (χ1v) is 8.26. The molecule has 4 heteroatoms. The quantitative estimate of drug-likeness (QED) is 0.871. The van der Waals surface area contributed by atoms with Gasteiger partial charge in [-0.25, -0.2) is 4.98 Å². The zero-order valence-corrected chi connectivity index (χ0v) is 14.0. The van der Waals surface area contributed by atoms with E-state index >= 15 is 0 Å². The molecule has 1 atom stereocenters. The molecule has 0 aromatic carbocycles. The van der Waals surface area contributed by atoms with E-state index in [2.05, 4.69) is 55.2 Å². The summed E-state index contributed by atoms with van der Waals surface area (Å²) < 4.78 is 0. The molecule has 0 radical (unpaired) electrons. The molecule has 0 spiro atoms. The van der Waals surface area contributed by atoms with Gasteiger partial charge < -0.3 is 15.1 Å². The van der Waals surface area contributed by atoms with Crippen LogP contribution in [-0.4, -0.2) is 49.7 Å². The van der Waals surface area contributed by atoms with E-state index in [0.717, 1.165) is 31.9 Å². The number of anilines is 1. The number of aryl methyl sites for hydroxylation is 1. The smallest absolute Gasteiger partial charge is 0.129 e. The van der Waals surface area contributed by atoms with E-state index in [1.807, 2.05) is 0 Å². The molecule has 1 aromatic rings. The molecule has 0 bridgehead atoms. The summed E-state index contributed by atoms with van der Waals surface area (Å²) in [6.07, 6.45) is 3.54. The molecule has 2 rings (SSSR count). The highest BCUT2D eigenvalue weighted by atomic mass is 15.2. The van der Waals surface area contributed by atoms with Gasteiger partial charge in [-0.1, -0.05) is 13.8 Å². The number of likely N-dealkylation sites (N-methyl/N-ethyl adjacent to an activating group) is 2. The molecule has 1 N–H and O–H groups in total. The van der Waals surface area contributed by atoms with Crippen molar-refractivity contribution in [2.75, 3.05) is 38.6 Å². The number of pyridine rings is 1. The summed E-state index contributed by atoms with van der Waals surface area (Å²) in [5.74, 6) is 1.13. The Hall–Kier alpha value is -1.13. The third-order valence-electron chi connectivity index (χ3n) is 4.37. The first kappa shape index (κ1) is 16.2. The normalized spacial score (nSPS) is 19.7. The van der Waals surface area contributed by atoms with Gasteiger partial charge in [-0.05, 0) is 57.1 Å². The van der Waals surface area contributed by atoms with Crippen LogP contribution in [0.5, 0.6) is 0 Å². The Morgan fingerprint density at radius 3 is 2.86 bits per heavy atom. The highest BCUT2D eigenvalue weighted by molar-refractivity contribution is 5.43. The van der Waals surface area contributed by atoms with Gasteiger partial charge in [0.2, 0.25) is 0 Å². The van der Waals surface area contributed by atoms with Crippen molar-refractivity contribution in [2.45, 2.75) is 45.7 Å². The lowest BCUT2D eigenvalue weighted by Crippen LogP contribution is -2.45. The second kappa shape index (κ2) is 7.76. The number of nitrogens with one attached hydrogen (secondary N) is 1. The third-order valence-corrected chi connectivity index (χ3v) is 4.37. The number of rotatable bonds is 6. The SMILES string of the molecule is CCNCc1cc(CC)nc(N(C)C2CCCN(C)C2)c1. The van der Waals surface area contributed by atoms with Crippen LogP contribution in [0, 0.1) is 0 Å². The lowest BCUT2D eigenvalue weighted by Gasteiger charge is -2.36. The van der Waals surface area contributed by atoms with E-state index in [4.69, 9.17) is 4.98 Å². The molecular formula is C17H30N4. The second-order valence-electron chi connectivity index (χ2n) is 6.13. The predicted octanol–water partition coefficient (Wildman–Crippen LogP) is 2.28. The summed E-state index contributed by atoms with van der Waals surface area (Å²) in [4.78, 5) is 9.64.